The fourth-order valence-corrected chi connectivity index (χ4v) is 5.20. The molecule has 2 aliphatic rings. The number of thiophene rings is 1. The predicted molar refractivity (Wildman–Crippen MR) is 106 cm³/mol. The molecule has 0 bridgehead atoms. The first-order chi connectivity index (χ1) is 12.9. The first-order valence-electron chi connectivity index (χ1n) is 9.61. The van der Waals surface area contributed by atoms with Gasteiger partial charge in [-0.15, -0.1) is 16.4 Å². The predicted octanol–water partition coefficient (Wildman–Crippen LogP) is 2.25. The molecule has 144 valence electrons. The van der Waals surface area contributed by atoms with Crippen LogP contribution in [0.15, 0.2) is 0 Å². The molecule has 0 N–H and O–H groups in total. The van der Waals surface area contributed by atoms with Gasteiger partial charge in [-0.3, -0.25) is 4.90 Å². The third-order valence-corrected chi connectivity index (χ3v) is 6.77. The number of hydrogen-bond donors (Lipinski definition) is 0. The lowest BCUT2D eigenvalue weighted by atomic mass is 9.94. The molecule has 2 aliphatic heterocycles. The maximum Gasteiger partial charge on any atom is 0.168 e. The van der Waals surface area contributed by atoms with E-state index in [9.17, 15) is 0 Å². The zero-order chi connectivity index (χ0) is 18.8. The van der Waals surface area contributed by atoms with Gasteiger partial charge in [-0.2, -0.15) is 4.52 Å². The van der Waals surface area contributed by atoms with Crippen molar-refractivity contribution >= 4 is 27.2 Å². The molecular formula is C19H26N6OS. The van der Waals surface area contributed by atoms with E-state index in [1.807, 2.05) is 11.4 Å². The van der Waals surface area contributed by atoms with Crippen molar-refractivity contribution in [2.75, 3.05) is 33.2 Å². The molecular weight excluding hydrogens is 360 g/mol. The summed E-state index contributed by atoms with van der Waals surface area (Å²) in [6.45, 7) is 12.1. The van der Waals surface area contributed by atoms with Crippen LogP contribution in [0, 0.1) is 6.92 Å². The topological polar surface area (TPSA) is 58.8 Å². The van der Waals surface area contributed by atoms with Crippen LogP contribution in [-0.2, 0) is 24.3 Å². The highest BCUT2D eigenvalue weighted by Gasteiger charge is 2.31. The second-order valence-corrected chi connectivity index (χ2v) is 9.49. The summed E-state index contributed by atoms with van der Waals surface area (Å²) < 4.78 is 7.94. The minimum atomic E-state index is -0.147. The SMILES string of the molecule is Cc1nc2sc3c(c2c2nc(CN4CCN(C)CC4)nn12)CC(C)(C)OC3. The summed E-state index contributed by atoms with van der Waals surface area (Å²) in [4.78, 5) is 16.9. The number of aryl methyl sites for hydroxylation is 1. The average molecular weight is 387 g/mol. The van der Waals surface area contributed by atoms with Crippen LogP contribution >= 0.6 is 11.3 Å². The molecule has 8 heteroatoms. The van der Waals surface area contributed by atoms with E-state index in [0.29, 0.717) is 6.61 Å². The normalized spacial score (nSPS) is 21.2. The van der Waals surface area contributed by atoms with Gasteiger partial charge in [-0.1, -0.05) is 0 Å². The molecule has 0 aromatic carbocycles. The third kappa shape index (κ3) is 3.04. The maximum atomic E-state index is 6.01. The van der Waals surface area contributed by atoms with Gasteiger partial charge in [0.25, 0.3) is 0 Å². The summed E-state index contributed by atoms with van der Waals surface area (Å²) in [7, 11) is 2.18. The number of ether oxygens (including phenoxy) is 1. The van der Waals surface area contributed by atoms with Gasteiger partial charge in [-0.25, -0.2) is 9.97 Å². The van der Waals surface area contributed by atoms with Crippen molar-refractivity contribution in [2.45, 2.75) is 45.9 Å². The molecule has 3 aromatic heterocycles. The molecule has 0 amide bonds. The Balaban J connectivity index is 1.58. The highest BCUT2D eigenvalue weighted by atomic mass is 32.1. The fraction of sp³-hybridized carbons (Fsp3) is 0.632. The Morgan fingerprint density at radius 2 is 1.93 bits per heavy atom. The van der Waals surface area contributed by atoms with Crippen molar-refractivity contribution in [1.82, 2.24) is 29.4 Å². The standard InChI is InChI=1S/C19H26N6OS/c1-12-20-18-16(13-9-19(2,3)26-11-14(13)27-18)17-21-15(22-25(12)17)10-24-7-5-23(4)6-8-24/h5-11H2,1-4H3. The molecule has 0 spiro atoms. The summed E-state index contributed by atoms with van der Waals surface area (Å²) in [6, 6.07) is 0. The zero-order valence-corrected chi connectivity index (χ0v) is 17.3. The van der Waals surface area contributed by atoms with Gasteiger partial charge in [0.2, 0.25) is 0 Å². The van der Waals surface area contributed by atoms with E-state index >= 15 is 0 Å². The number of rotatable bonds is 2. The van der Waals surface area contributed by atoms with Crippen molar-refractivity contribution in [3.63, 3.8) is 0 Å². The van der Waals surface area contributed by atoms with E-state index in [1.165, 1.54) is 15.8 Å². The minimum absolute atomic E-state index is 0.147. The van der Waals surface area contributed by atoms with E-state index in [2.05, 4.69) is 30.7 Å². The number of fused-ring (bicyclic) bond motifs is 5. The van der Waals surface area contributed by atoms with Crippen molar-refractivity contribution in [3.05, 3.63) is 22.1 Å². The van der Waals surface area contributed by atoms with Gasteiger partial charge in [0.05, 0.1) is 24.1 Å². The molecule has 3 aromatic rings. The van der Waals surface area contributed by atoms with Gasteiger partial charge >= 0.3 is 0 Å². The van der Waals surface area contributed by atoms with Gasteiger partial charge in [0.15, 0.2) is 11.5 Å². The number of likely N-dealkylation sites (N-methyl/N-ethyl adjacent to an activating group) is 1. The Labute approximate surface area is 162 Å². The van der Waals surface area contributed by atoms with Gasteiger partial charge in [0, 0.05) is 37.5 Å². The zero-order valence-electron chi connectivity index (χ0n) is 16.4. The van der Waals surface area contributed by atoms with Crippen LogP contribution in [-0.4, -0.2) is 68.2 Å². The summed E-state index contributed by atoms with van der Waals surface area (Å²) in [5.41, 5.74) is 2.16. The van der Waals surface area contributed by atoms with Crippen molar-refractivity contribution in [3.8, 4) is 0 Å². The smallest absolute Gasteiger partial charge is 0.168 e. The highest BCUT2D eigenvalue weighted by Crippen LogP contribution is 2.39. The van der Waals surface area contributed by atoms with Crippen LogP contribution in [0.2, 0.25) is 0 Å². The van der Waals surface area contributed by atoms with Crippen LogP contribution in [0.4, 0.5) is 0 Å². The average Bonchev–Trinajstić information content (AvgIpc) is 3.17. The Morgan fingerprint density at radius 3 is 2.70 bits per heavy atom. The van der Waals surface area contributed by atoms with E-state index in [1.54, 1.807) is 11.3 Å². The lowest BCUT2D eigenvalue weighted by Crippen LogP contribution is -2.44. The molecule has 0 radical (unpaired) electrons. The molecule has 5 heterocycles. The van der Waals surface area contributed by atoms with E-state index in [0.717, 1.165) is 61.3 Å². The lowest BCUT2D eigenvalue weighted by molar-refractivity contribution is -0.0379. The number of hydrogen-bond acceptors (Lipinski definition) is 7. The van der Waals surface area contributed by atoms with Crippen molar-refractivity contribution in [2.24, 2.45) is 0 Å². The summed E-state index contributed by atoms with van der Waals surface area (Å²) in [6.07, 6.45) is 0.892. The number of nitrogens with zero attached hydrogens (tertiary/aromatic N) is 6. The number of aromatic nitrogens is 4. The monoisotopic (exact) mass is 386 g/mol. The van der Waals surface area contributed by atoms with Gasteiger partial charge in [-0.05, 0) is 33.4 Å². The molecule has 7 nitrogen and oxygen atoms in total. The maximum absolute atomic E-state index is 6.01. The Morgan fingerprint density at radius 1 is 1.15 bits per heavy atom. The second-order valence-electron chi connectivity index (χ2n) is 8.41. The summed E-state index contributed by atoms with van der Waals surface area (Å²) in [5.74, 6) is 1.79. The lowest BCUT2D eigenvalue weighted by Gasteiger charge is -2.31. The van der Waals surface area contributed by atoms with Crippen LogP contribution in [0.25, 0.3) is 15.9 Å². The van der Waals surface area contributed by atoms with Crippen LogP contribution in [0.1, 0.15) is 35.9 Å². The Bertz CT molecular complexity index is 1010. The van der Waals surface area contributed by atoms with Gasteiger partial charge in [0.1, 0.15) is 10.7 Å². The molecule has 1 saturated heterocycles. The molecule has 0 saturated carbocycles. The minimum Gasteiger partial charge on any atom is -0.370 e. The molecule has 5 rings (SSSR count). The summed E-state index contributed by atoms with van der Waals surface area (Å²) >= 11 is 1.74. The molecule has 27 heavy (non-hydrogen) atoms. The fourth-order valence-electron chi connectivity index (χ4n) is 4.06. The molecule has 1 fully saturated rings. The Hall–Kier alpha value is -1.61. The van der Waals surface area contributed by atoms with Crippen LogP contribution in [0.5, 0.6) is 0 Å². The first kappa shape index (κ1) is 17.5. The molecule has 0 unspecified atom stereocenters. The number of piperazine rings is 1. The first-order valence-corrected chi connectivity index (χ1v) is 10.4. The highest BCUT2D eigenvalue weighted by molar-refractivity contribution is 7.19. The van der Waals surface area contributed by atoms with Crippen molar-refractivity contribution in [1.29, 1.82) is 0 Å². The summed E-state index contributed by atoms with van der Waals surface area (Å²) in [5, 5.41) is 5.98. The third-order valence-electron chi connectivity index (χ3n) is 5.67. The quantitative estimate of drug-likeness (QED) is 0.673. The van der Waals surface area contributed by atoms with Crippen LogP contribution < -0.4 is 0 Å². The van der Waals surface area contributed by atoms with E-state index < -0.39 is 0 Å². The largest absolute Gasteiger partial charge is 0.370 e. The Kier molecular flexibility index (Phi) is 4.02. The van der Waals surface area contributed by atoms with Gasteiger partial charge < -0.3 is 9.64 Å². The van der Waals surface area contributed by atoms with E-state index in [-0.39, 0.29) is 5.60 Å². The van der Waals surface area contributed by atoms with Crippen molar-refractivity contribution < 1.29 is 4.74 Å². The second kappa shape index (κ2) is 6.20. The van der Waals surface area contributed by atoms with Crippen LogP contribution in [0.3, 0.4) is 0 Å². The molecule has 0 atom stereocenters. The van der Waals surface area contributed by atoms with E-state index in [4.69, 9.17) is 19.8 Å². The molecule has 0 aliphatic carbocycles.